The average molecular weight is 777 g/mol. The summed E-state index contributed by atoms with van der Waals surface area (Å²) in [6.07, 6.45) is 25.8. The number of nitrogens with two attached hydrogens (primary N) is 1. The minimum Gasteiger partial charge on any atom is -0.405 e. The quantitative estimate of drug-likeness (QED) is 0.223. The van der Waals surface area contributed by atoms with E-state index < -0.39 is 0 Å². The van der Waals surface area contributed by atoms with Gasteiger partial charge >= 0.3 is 0 Å². The molecule has 3 heterocycles. The number of allylic oxidation sites excluding steroid dienone is 5. The zero-order valence-corrected chi connectivity index (χ0v) is 37.4. The number of fused-ring (bicyclic) bond motifs is 2. The summed E-state index contributed by atoms with van der Waals surface area (Å²) in [5.74, 6) is 2.64. The first kappa shape index (κ1) is 48.3. The first-order valence-electron chi connectivity index (χ1n) is 21.5. The molecule has 310 valence electrons. The molecule has 4 nitrogen and oxygen atoms in total. The molecule has 3 aliphatic heterocycles. The predicted octanol–water partition coefficient (Wildman–Crippen LogP) is 13.9. The topological polar surface area (TPSA) is 44.5 Å². The third-order valence-corrected chi connectivity index (χ3v) is 12.8. The van der Waals surface area contributed by atoms with Gasteiger partial charge in [0.05, 0.1) is 0 Å². The van der Waals surface area contributed by atoms with Crippen molar-refractivity contribution in [2.45, 2.75) is 163 Å². The van der Waals surface area contributed by atoms with E-state index in [0.29, 0.717) is 40.5 Å². The van der Waals surface area contributed by atoms with Gasteiger partial charge in [0.2, 0.25) is 0 Å². The van der Waals surface area contributed by atoms with Gasteiger partial charge in [-0.15, -0.1) is 6.58 Å². The van der Waals surface area contributed by atoms with Gasteiger partial charge in [0.25, 0.3) is 0 Å². The van der Waals surface area contributed by atoms with Crippen molar-refractivity contribution in [2.75, 3.05) is 6.54 Å². The molecule has 0 aromatic heterocycles. The zero-order chi connectivity index (χ0) is 41.2. The summed E-state index contributed by atoms with van der Waals surface area (Å²) < 4.78 is 17.4. The molecule has 3 N–H and O–H groups in total. The standard InChI is InChI=1S/C17H27NS.C17H31N.C11H12FN.C2H5N.C2H6/c1-14-16-13-15(16)9-7-5-3-2-4-6-8-10-17(11-12-17)19-18-14;1-8-15-10-9-11-18(15)14(4)16(13(2)3)12-17(5,6)7;1-8(2)13-6-9-4-3-5-11(12)10(9)7-13;1-2-3;1-2/h7,9,15-16,18H,1-6,8,10-13H2;8,13,15-16H,1,4,9-12H2,2-3,5-7H3;3-5H,1,6-7H2,2H3;2H,1,3H2;1-2H3/b9-7+;;;;/t15-,16?;;;;/m1..../s1. The van der Waals surface area contributed by atoms with Gasteiger partial charge in [-0.1, -0.05) is 131 Å². The molecular formula is C49H81FN4S. The Bertz CT molecular complexity index is 1390. The molecule has 1 aromatic rings. The van der Waals surface area contributed by atoms with Gasteiger partial charge in [-0.3, -0.25) is 0 Å². The van der Waals surface area contributed by atoms with Crippen molar-refractivity contribution in [2.24, 2.45) is 34.8 Å². The third kappa shape index (κ3) is 16.6. The lowest BCUT2D eigenvalue weighted by atomic mass is 9.78. The maximum absolute atomic E-state index is 13.3. The smallest absolute Gasteiger partial charge is 0.128 e. The molecular weight excluding hydrogens is 696 g/mol. The largest absolute Gasteiger partial charge is 0.405 e. The zero-order valence-electron chi connectivity index (χ0n) is 36.5. The molecule has 0 bridgehead atoms. The van der Waals surface area contributed by atoms with Crippen LogP contribution in [0.3, 0.4) is 0 Å². The van der Waals surface area contributed by atoms with Crippen LogP contribution in [0.25, 0.3) is 0 Å². The Hall–Kier alpha value is -2.86. The van der Waals surface area contributed by atoms with Crippen molar-refractivity contribution >= 4 is 11.9 Å². The summed E-state index contributed by atoms with van der Waals surface area (Å²) in [4.78, 5) is 4.57. The lowest BCUT2D eigenvalue weighted by Gasteiger charge is -2.37. The lowest BCUT2D eigenvalue weighted by molar-refractivity contribution is 0.217. The fourth-order valence-corrected chi connectivity index (χ4v) is 8.84. The van der Waals surface area contributed by atoms with Crippen LogP contribution in [0.5, 0.6) is 0 Å². The molecule has 2 aliphatic carbocycles. The molecule has 2 saturated carbocycles. The van der Waals surface area contributed by atoms with Crippen LogP contribution in [0.2, 0.25) is 0 Å². The van der Waals surface area contributed by atoms with Gasteiger partial charge in [0, 0.05) is 64.9 Å². The van der Waals surface area contributed by atoms with Crippen LogP contribution in [0, 0.1) is 34.9 Å². The number of benzene rings is 1. The van der Waals surface area contributed by atoms with Crippen LogP contribution >= 0.6 is 11.9 Å². The highest BCUT2D eigenvalue weighted by Gasteiger charge is 2.44. The van der Waals surface area contributed by atoms with E-state index in [2.05, 4.69) is 106 Å². The Morgan fingerprint density at radius 3 is 2.27 bits per heavy atom. The normalized spacial score (nSPS) is 23.7. The van der Waals surface area contributed by atoms with Crippen molar-refractivity contribution in [3.63, 3.8) is 0 Å². The van der Waals surface area contributed by atoms with Gasteiger partial charge in [-0.2, -0.15) is 0 Å². The highest BCUT2D eigenvalue weighted by Crippen LogP contribution is 2.53. The van der Waals surface area contributed by atoms with Crippen molar-refractivity contribution in [3.05, 3.63) is 110 Å². The molecule has 5 aliphatic rings. The van der Waals surface area contributed by atoms with Crippen LogP contribution in [0.4, 0.5) is 4.39 Å². The molecule has 6 heteroatoms. The fourth-order valence-electron chi connectivity index (χ4n) is 7.79. The van der Waals surface area contributed by atoms with Crippen molar-refractivity contribution in [1.29, 1.82) is 0 Å². The van der Waals surface area contributed by atoms with Crippen molar-refractivity contribution in [1.82, 2.24) is 14.5 Å². The summed E-state index contributed by atoms with van der Waals surface area (Å²) in [5, 5.41) is 0. The second kappa shape index (κ2) is 24.0. The van der Waals surface area contributed by atoms with Crippen LogP contribution in [0.15, 0.2) is 92.6 Å². The number of halogens is 1. The van der Waals surface area contributed by atoms with E-state index in [1.54, 1.807) is 6.07 Å². The van der Waals surface area contributed by atoms with E-state index in [4.69, 9.17) is 0 Å². The molecule has 6 rings (SSSR count). The Morgan fingerprint density at radius 1 is 1.04 bits per heavy atom. The van der Waals surface area contributed by atoms with Gasteiger partial charge in [-0.05, 0) is 112 Å². The minimum absolute atomic E-state index is 0.0961. The summed E-state index contributed by atoms with van der Waals surface area (Å²) in [6, 6.07) is 5.76. The van der Waals surface area contributed by atoms with Crippen LogP contribution in [-0.2, 0) is 13.1 Å². The second-order valence-corrected chi connectivity index (χ2v) is 18.9. The fraction of sp³-hybridized carbons (Fsp3) is 0.633. The first-order chi connectivity index (χ1) is 26.1. The van der Waals surface area contributed by atoms with Crippen LogP contribution in [-0.4, -0.2) is 27.1 Å². The number of nitrogens with zero attached hydrogens (tertiary/aromatic N) is 2. The van der Waals surface area contributed by atoms with E-state index in [1.807, 2.05) is 38.8 Å². The summed E-state index contributed by atoms with van der Waals surface area (Å²) in [6.45, 7) is 39.8. The Morgan fingerprint density at radius 2 is 1.69 bits per heavy atom. The van der Waals surface area contributed by atoms with Gasteiger partial charge in [0.15, 0.2) is 0 Å². The first-order valence-corrected chi connectivity index (χ1v) is 22.3. The minimum atomic E-state index is -0.0961. The van der Waals surface area contributed by atoms with Crippen molar-refractivity contribution < 1.29 is 4.39 Å². The number of hydrogen-bond acceptors (Lipinski definition) is 5. The predicted molar refractivity (Wildman–Crippen MR) is 243 cm³/mol. The third-order valence-electron chi connectivity index (χ3n) is 11.4. The van der Waals surface area contributed by atoms with Crippen molar-refractivity contribution in [3.8, 4) is 0 Å². The van der Waals surface area contributed by atoms with Gasteiger partial charge in [-0.25, -0.2) is 4.39 Å². The average Bonchev–Trinajstić information content (AvgIpc) is 3.99. The van der Waals surface area contributed by atoms with Gasteiger partial charge in [0.1, 0.15) is 5.82 Å². The number of nitrogens with one attached hydrogen (secondary N) is 1. The number of rotatable bonds is 6. The Balaban J connectivity index is 0.000000273. The van der Waals surface area contributed by atoms with E-state index in [1.165, 1.54) is 107 Å². The van der Waals surface area contributed by atoms with E-state index in [-0.39, 0.29) is 5.82 Å². The maximum Gasteiger partial charge on any atom is 0.128 e. The van der Waals surface area contributed by atoms with E-state index in [9.17, 15) is 4.39 Å². The summed E-state index contributed by atoms with van der Waals surface area (Å²) >= 11 is 1.99. The SMILES string of the molecule is C=C(C)N1Cc2cccc(F)c2C1.C=C1NSC2(CCCCCCC/C=C/[C@@H]3CC13)CC2.C=CC1CCCN1C(=C)C(CC(C)(C)C)C(C)C.C=CN.CC. The summed E-state index contributed by atoms with van der Waals surface area (Å²) in [7, 11) is 0. The second-order valence-electron chi connectivity index (χ2n) is 17.6. The van der Waals surface area contributed by atoms with Gasteiger partial charge < -0.3 is 20.3 Å². The molecule has 3 unspecified atom stereocenters. The number of likely N-dealkylation sites (tertiary alicyclic amines) is 1. The Kier molecular flexibility index (Phi) is 21.1. The molecule has 55 heavy (non-hydrogen) atoms. The number of hydrogen-bond donors (Lipinski definition) is 2. The molecule has 4 atom stereocenters. The molecule has 1 saturated heterocycles. The highest BCUT2D eigenvalue weighted by atomic mass is 32.2. The monoisotopic (exact) mass is 777 g/mol. The molecule has 0 radical (unpaired) electrons. The molecule has 1 aromatic carbocycles. The van der Waals surface area contributed by atoms with E-state index in [0.717, 1.165) is 35.8 Å². The molecule has 1 spiro atoms. The Labute approximate surface area is 343 Å². The maximum atomic E-state index is 13.3. The van der Waals surface area contributed by atoms with E-state index >= 15 is 0 Å². The van der Waals surface area contributed by atoms with Crippen LogP contribution < -0.4 is 10.5 Å². The van der Waals surface area contributed by atoms with Crippen LogP contribution in [0.1, 0.15) is 150 Å². The highest BCUT2D eigenvalue weighted by molar-refractivity contribution is 7.99. The summed E-state index contributed by atoms with van der Waals surface area (Å²) in [5.41, 5.74) is 10.5. The molecule has 0 amide bonds. The lowest BCUT2D eigenvalue weighted by Crippen LogP contribution is -2.33. The molecule has 3 fully saturated rings.